The molecular formula is C38H75NO8. The van der Waals surface area contributed by atoms with Crippen LogP contribution in [0.5, 0.6) is 0 Å². The molecule has 2 unspecified atom stereocenters. The van der Waals surface area contributed by atoms with Crippen LogP contribution in [0.4, 0.5) is 0 Å². The van der Waals surface area contributed by atoms with Gasteiger partial charge in [-0.1, -0.05) is 162 Å². The number of unbranched alkanes of at least 4 members (excludes halogenated alkanes) is 22. The molecular weight excluding hydrogens is 598 g/mol. The van der Waals surface area contributed by atoms with Crippen molar-refractivity contribution in [1.82, 2.24) is 5.32 Å². The van der Waals surface area contributed by atoms with Crippen LogP contribution in [0.2, 0.25) is 0 Å². The van der Waals surface area contributed by atoms with Crippen LogP contribution in [0, 0.1) is 0 Å². The molecule has 9 heteroatoms. The minimum atomic E-state index is -1.55. The molecule has 1 amide bonds. The molecule has 280 valence electrons. The molecule has 6 N–H and O–H groups in total. The molecule has 0 spiro atoms. The standard InChI is InChI=1S/C38H75NO8/c1-3-5-7-9-11-13-14-15-16-17-18-19-20-21-23-25-27-32(41)31(39-34(42)28-26-24-22-12-10-8-6-4-2)30-46-38-37(45)36(44)35(43)33(29-40)47-38/h31-33,35-38,40-41,43-45H,3-30H2,1-2H3,(H,39,42)/t31-,32+,33+,35-,36?,37?,38+/m0/s1. The second-order valence-electron chi connectivity index (χ2n) is 14.1. The maximum absolute atomic E-state index is 12.8. The van der Waals surface area contributed by atoms with Gasteiger partial charge < -0.3 is 40.3 Å². The van der Waals surface area contributed by atoms with E-state index in [4.69, 9.17) is 9.47 Å². The van der Waals surface area contributed by atoms with Crippen LogP contribution in [0.1, 0.15) is 181 Å². The highest BCUT2D eigenvalue weighted by atomic mass is 16.7. The van der Waals surface area contributed by atoms with E-state index in [1.54, 1.807) is 0 Å². The van der Waals surface area contributed by atoms with Gasteiger partial charge in [-0.25, -0.2) is 0 Å². The predicted molar refractivity (Wildman–Crippen MR) is 189 cm³/mol. The van der Waals surface area contributed by atoms with Crippen molar-refractivity contribution >= 4 is 5.91 Å². The molecule has 1 rings (SSSR count). The molecule has 0 aromatic heterocycles. The first-order chi connectivity index (χ1) is 22.8. The molecule has 0 aliphatic carbocycles. The minimum Gasteiger partial charge on any atom is -0.394 e. The van der Waals surface area contributed by atoms with Gasteiger partial charge in [0.15, 0.2) is 6.29 Å². The Kier molecular flexibility index (Phi) is 28.3. The molecule has 9 nitrogen and oxygen atoms in total. The average Bonchev–Trinajstić information content (AvgIpc) is 3.07. The third kappa shape index (κ3) is 21.8. The fraction of sp³-hybridized carbons (Fsp3) is 0.974. The maximum Gasteiger partial charge on any atom is 0.220 e. The molecule has 0 saturated carbocycles. The summed E-state index contributed by atoms with van der Waals surface area (Å²) in [5.41, 5.74) is 0. The van der Waals surface area contributed by atoms with E-state index in [-0.39, 0.29) is 12.5 Å². The molecule has 1 aliphatic heterocycles. The van der Waals surface area contributed by atoms with Gasteiger partial charge in [-0.2, -0.15) is 0 Å². The average molecular weight is 674 g/mol. The summed E-state index contributed by atoms with van der Waals surface area (Å²) < 4.78 is 11.2. The molecule has 0 bridgehead atoms. The van der Waals surface area contributed by atoms with E-state index in [1.165, 1.54) is 116 Å². The topological polar surface area (TPSA) is 149 Å². The lowest BCUT2D eigenvalue weighted by Crippen LogP contribution is -2.60. The van der Waals surface area contributed by atoms with Crippen LogP contribution >= 0.6 is 0 Å². The van der Waals surface area contributed by atoms with Gasteiger partial charge in [0.25, 0.3) is 0 Å². The Morgan fingerprint density at radius 3 is 1.51 bits per heavy atom. The monoisotopic (exact) mass is 674 g/mol. The highest BCUT2D eigenvalue weighted by Crippen LogP contribution is 2.23. The van der Waals surface area contributed by atoms with E-state index < -0.39 is 49.5 Å². The van der Waals surface area contributed by atoms with Crippen LogP contribution in [0.25, 0.3) is 0 Å². The Labute approximate surface area is 287 Å². The summed E-state index contributed by atoms with van der Waals surface area (Å²) in [6, 6.07) is -0.708. The lowest BCUT2D eigenvalue weighted by atomic mass is 9.99. The van der Waals surface area contributed by atoms with E-state index in [2.05, 4.69) is 19.2 Å². The summed E-state index contributed by atoms with van der Waals surface area (Å²) in [6.07, 6.45) is 22.6. The van der Waals surface area contributed by atoms with Crippen LogP contribution in [-0.2, 0) is 14.3 Å². The first-order valence-corrected chi connectivity index (χ1v) is 19.7. The molecule has 0 radical (unpaired) electrons. The largest absolute Gasteiger partial charge is 0.394 e. The quantitative estimate of drug-likeness (QED) is 0.0426. The summed E-state index contributed by atoms with van der Waals surface area (Å²) in [7, 11) is 0. The number of nitrogens with one attached hydrogen (secondary N) is 1. The van der Waals surface area contributed by atoms with E-state index in [0.717, 1.165) is 38.5 Å². The van der Waals surface area contributed by atoms with E-state index in [1.807, 2.05) is 0 Å². The zero-order valence-electron chi connectivity index (χ0n) is 30.3. The summed E-state index contributed by atoms with van der Waals surface area (Å²) in [4.78, 5) is 12.8. The summed E-state index contributed by atoms with van der Waals surface area (Å²) in [6.45, 7) is 3.79. The first kappa shape index (κ1) is 44.2. The molecule has 0 aromatic carbocycles. The molecule has 47 heavy (non-hydrogen) atoms. The van der Waals surface area contributed by atoms with Gasteiger partial charge in [0, 0.05) is 6.42 Å². The second kappa shape index (κ2) is 30.1. The van der Waals surface area contributed by atoms with Crippen LogP contribution in [0.15, 0.2) is 0 Å². The molecule has 1 fully saturated rings. The first-order valence-electron chi connectivity index (χ1n) is 19.7. The molecule has 7 atom stereocenters. The van der Waals surface area contributed by atoms with Gasteiger partial charge in [-0.15, -0.1) is 0 Å². The van der Waals surface area contributed by atoms with Crippen LogP contribution in [-0.4, -0.2) is 87.5 Å². The summed E-state index contributed by atoms with van der Waals surface area (Å²) in [5, 5.41) is 54.0. The zero-order valence-corrected chi connectivity index (χ0v) is 30.3. The SMILES string of the molecule is CCCCCCCCCCCCCCCCCC[C@@H](O)[C@H](CO[C@@H]1O[C@H](CO)[C@H](O)C(O)C1O)NC(=O)CCCCCCCCCC. The van der Waals surface area contributed by atoms with Gasteiger partial charge >= 0.3 is 0 Å². The summed E-state index contributed by atoms with van der Waals surface area (Å²) >= 11 is 0. The van der Waals surface area contributed by atoms with Gasteiger partial charge in [0.1, 0.15) is 24.4 Å². The highest BCUT2D eigenvalue weighted by Gasteiger charge is 2.44. The summed E-state index contributed by atoms with van der Waals surface area (Å²) in [5.74, 6) is -0.149. The molecule has 1 aliphatic rings. The number of rotatable bonds is 32. The third-order valence-corrected chi connectivity index (χ3v) is 9.71. The predicted octanol–water partition coefficient (Wildman–Crippen LogP) is 6.83. The Morgan fingerprint density at radius 2 is 1.06 bits per heavy atom. The van der Waals surface area contributed by atoms with Crippen molar-refractivity contribution in [2.24, 2.45) is 0 Å². The van der Waals surface area contributed by atoms with Gasteiger partial charge in [-0.3, -0.25) is 4.79 Å². The Balaban J connectivity index is 2.36. The van der Waals surface area contributed by atoms with Crippen LogP contribution in [0.3, 0.4) is 0 Å². The van der Waals surface area contributed by atoms with Gasteiger partial charge in [-0.05, 0) is 12.8 Å². The molecule has 0 aromatic rings. The van der Waals surface area contributed by atoms with Gasteiger partial charge in [0.2, 0.25) is 5.91 Å². The van der Waals surface area contributed by atoms with Crippen molar-refractivity contribution in [2.45, 2.75) is 224 Å². The van der Waals surface area contributed by atoms with Crippen molar-refractivity contribution in [2.75, 3.05) is 13.2 Å². The van der Waals surface area contributed by atoms with E-state index in [9.17, 15) is 30.3 Å². The number of carbonyl (C=O) groups is 1. The normalized spacial score (nSPS) is 22.7. The number of hydrogen-bond donors (Lipinski definition) is 6. The Bertz CT molecular complexity index is 711. The van der Waals surface area contributed by atoms with Crippen molar-refractivity contribution < 1.29 is 39.8 Å². The second-order valence-corrected chi connectivity index (χ2v) is 14.1. The van der Waals surface area contributed by atoms with E-state index >= 15 is 0 Å². The van der Waals surface area contributed by atoms with Crippen molar-refractivity contribution in [3.8, 4) is 0 Å². The number of amides is 1. The fourth-order valence-corrected chi connectivity index (χ4v) is 6.45. The number of hydrogen-bond acceptors (Lipinski definition) is 8. The lowest BCUT2D eigenvalue weighted by Gasteiger charge is -2.40. The Morgan fingerprint density at radius 1 is 0.638 bits per heavy atom. The van der Waals surface area contributed by atoms with Crippen molar-refractivity contribution in [1.29, 1.82) is 0 Å². The number of aliphatic hydroxyl groups excluding tert-OH is 5. The minimum absolute atomic E-state index is 0.133. The number of carbonyl (C=O) groups excluding carboxylic acids is 1. The maximum atomic E-state index is 12.8. The van der Waals surface area contributed by atoms with Gasteiger partial charge in [0.05, 0.1) is 25.4 Å². The number of aliphatic hydroxyl groups is 5. The molecule has 1 saturated heterocycles. The molecule has 1 heterocycles. The van der Waals surface area contributed by atoms with Crippen LogP contribution < -0.4 is 5.32 Å². The lowest BCUT2D eigenvalue weighted by molar-refractivity contribution is -0.302. The smallest absolute Gasteiger partial charge is 0.220 e. The Hall–Kier alpha value is -0.810. The van der Waals surface area contributed by atoms with Crippen molar-refractivity contribution in [3.63, 3.8) is 0 Å². The third-order valence-electron chi connectivity index (χ3n) is 9.71. The fourth-order valence-electron chi connectivity index (χ4n) is 6.45. The number of ether oxygens (including phenoxy) is 2. The zero-order chi connectivity index (χ0) is 34.5. The highest BCUT2D eigenvalue weighted by molar-refractivity contribution is 5.76. The van der Waals surface area contributed by atoms with E-state index in [0.29, 0.717) is 12.8 Å². The van der Waals surface area contributed by atoms with Crippen molar-refractivity contribution in [3.05, 3.63) is 0 Å².